The normalized spacial score (nSPS) is 10.7. The van der Waals surface area contributed by atoms with Crippen molar-refractivity contribution in [1.29, 1.82) is 0 Å². The van der Waals surface area contributed by atoms with Crippen molar-refractivity contribution in [3.05, 3.63) is 34.2 Å². The van der Waals surface area contributed by atoms with Gasteiger partial charge in [0.05, 0.1) is 17.1 Å². The number of nitrogen functional groups attached to an aromatic ring is 1. The van der Waals surface area contributed by atoms with Crippen molar-refractivity contribution in [2.24, 2.45) is 0 Å². The van der Waals surface area contributed by atoms with E-state index in [2.05, 4.69) is 26.3 Å². The predicted octanol–water partition coefficient (Wildman–Crippen LogP) is 3.44. The van der Waals surface area contributed by atoms with Gasteiger partial charge in [-0.05, 0) is 32.0 Å². The lowest BCUT2D eigenvalue weighted by Gasteiger charge is -2.10. The minimum Gasteiger partial charge on any atom is -0.394 e. The summed E-state index contributed by atoms with van der Waals surface area (Å²) in [5.41, 5.74) is 7.58. The monoisotopic (exact) mass is 312 g/mol. The van der Waals surface area contributed by atoms with Crippen molar-refractivity contribution in [1.82, 2.24) is 9.78 Å². The van der Waals surface area contributed by atoms with Crippen LogP contribution in [0.3, 0.4) is 0 Å². The van der Waals surface area contributed by atoms with E-state index in [-0.39, 0.29) is 5.82 Å². The van der Waals surface area contributed by atoms with Crippen LogP contribution in [0.4, 0.5) is 21.6 Å². The third kappa shape index (κ3) is 2.33. The molecule has 0 radical (unpaired) electrons. The molecule has 0 bridgehead atoms. The lowest BCUT2D eigenvalue weighted by molar-refractivity contribution is 0.628. The highest BCUT2D eigenvalue weighted by Gasteiger charge is 2.13. The van der Waals surface area contributed by atoms with E-state index in [0.29, 0.717) is 28.2 Å². The first-order valence-electron chi connectivity index (χ1n) is 5.58. The maximum Gasteiger partial charge on any atom is 0.152 e. The molecular formula is C12H14BrFN4. The van der Waals surface area contributed by atoms with Crippen LogP contribution in [-0.2, 0) is 6.54 Å². The maximum absolute atomic E-state index is 13.7. The summed E-state index contributed by atoms with van der Waals surface area (Å²) >= 11 is 3.22. The first-order valence-corrected chi connectivity index (χ1v) is 6.37. The van der Waals surface area contributed by atoms with Gasteiger partial charge in [0, 0.05) is 11.0 Å². The van der Waals surface area contributed by atoms with Crippen LogP contribution in [0.1, 0.15) is 12.6 Å². The van der Waals surface area contributed by atoms with Gasteiger partial charge in [-0.25, -0.2) is 9.07 Å². The van der Waals surface area contributed by atoms with E-state index in [1.165, 1.54) is 6.07 Å². The molecule has 4 nitrogen and oxygen atoms in total. The predicted molar refractivity (Wildman–Crippen MR) is 74.4 cm³/mol. The Morgan fingerprint density at radius 2 is 2.22 bits per heavy atom. The molecule has 0 atom stereocenters. The van der Waals surface area contributed by atoms with Crippen LogP contribution in [0, 0.1) is 12.7 Å². The largest absolute Gasteiger partial charge is 0.394 e. The summed E-state index contributed by atoms with van der Waals surface area (Å²) in [6.45, 7) is 4.44. The van der Waals surface area contributed by atoms with Crippen molar-refractivity contribution < 1.29 is 4.39 Å². The fourth-order valence-corrected chi connectivity index (χ4v) is 2.01. The Balaban J connectivity index is 2.39. The fraction of sp³-hybridized carbons (Fsp3) is 0.250. The van der Waals surface area contributed by atoms with E-state index in [1.807, 2.05) is 13.8 Å². The molecule has 1 aromatic heterocycles. The average Bonchev–Trinajstić information content (AvgIpc) is 2.60. The van der Waals surface area contributed by atoms with Crippen LogP contribution in [0.5, 0.6) is 0 Å². The number of halogens is 2. The lowest BCUT2D eigenvalue weighted by atomic mass is 10.3. The zero-order chi connectivity index (χ0) is 13.3. The number of anilines is 3. The Hall–Kier alpha value is -1.56. The van der Waals surface area contributed by atoms with E-state index in [0.717, 1.165) is 5.69 Å². The summed E-state index contributed by atoms with van der Waals surface area (Å²) < 4.78 is 16.2. The Morgan fingerprint density at radius 1 is 1.50 bits per heavy atom. The molecule has 0 amide bonds. The zero-order valence-electron chi connectivity index (χ0n) is 10.2. The molecule has 0 spiro atoms. The van der Waals surface area contributed by atoms with Gasteiger partial charge in [-0.3, -0.25) is 0 Å². The standard InChI is InChI=1S/C12H14BrFN4/c1-3-18-12(11(15)7(2)17-18)16-10-5-4-8(13)6-9(10)14/h4-6,16H,3,15H2,1-2H3. The molecule has 96 valence electrons. The van der Waals surface area contributed by atoms with Crippen LogP contribution in [0.15, 0.2) is 22.7 Å². The molecule has 2 aromatic rings. The molecule has 0 aliphatic carbocycles. The van der Waals surface area contributed by atoms with Gasteiger partial charge >= 0.3 is 0 Å². The molecule has 18 heavy (non-hydrogen) atoms. The van der Waals surface area contributed by atoms with Gasteiger partial charge in [-0.2, -0.15) is 5.10 Å². The van der Waals surface area contributed by atoms with Crippen LogP contribution >= 0.6 is 15.9 Å². The van der Waals surface area contributed by atoms with Crippen LogP contribution in [-0.4, -0.2) is 9.78 Å². The van der Waals surface area contributed by atoms with Crippen molar-refractivity contribution in [2.75, 3.05) is 11.1 Å². The molecule has 0 unspecified atom stereocenters. The third-order valence-electron chi connectivity index (χ3n) is 2.66. The van der Waals surface area contributed by atoms with E-state index in [4.69, 9.17) is 5.73 Å². The SMILES string of the molecule is CCn1nc(C)c(N)c1Nc1ccc(Br)cc1F. The van der Waals surface area contributed by atoms with Gasteiger partial charge in [0.2, 0.25) is 0 Å². The second-order valence-corrected chi connectivity index (χ2v) is 4.83. The zero-order valence-corrected chi connectivity index (χ0v) is 11.8. The van der Waals surface area contributed by atoms with Gasteiger partial charge in [-0.1, -0.05) is 15.9 Å². The Labute approximate surface area is 113 Å². The summed E-state index contributed by atoms with van der Waals surface area (Å²) in [7, 11) is 0. The second-order valence-electron chi connectivity index (χ2n) is 3.91. The summed E-state index contributed by atoms with van der Waals surface area (Å²) in [5.74, 6) is 0.279. The summed E-state index contributed by atoms with van der Waals surface area (Å²) in [6.07, 6.45) is 0. The van der Waals surface area contributed by atoms with Crippen molar-refractivity contribution in [2.45, 2.75) is 20.4 Å². The molecule has 0 saturated heterocycles. The van der Waals surface area contributed by atoms with Crippen molar-refractivity contribution >= 4 is 33.1 Å². The molecule has 0 saturated carbocycles. The highest BCUT2D eigenvalue weighted by atomic mass is 79.9. The van der Waals surface area contributed by atoms with E-state index >= 15 is 0 Å². The number of aromatic nitrogens is 2. The van der Waals surface area contributed by atoms with E-state index in [9.17, 15) is 4.39 Å². The quantitative estimate of drug-likeness (QED) is 0.912. The number of nitrogens with zero attached hydrogens (tertiary/aromatic N) is 2. The number of hydrogen-bond donors (Lipinski definition) is 2. The number of benzene rings is 1. The Morgan fingerprint density at radius 3 is 2.83 bits per heavy atom. The van der Waals surface area contributed by atoms with Gasteiger partial charge in [0.1, 0.15) is 5.82 Å². The maximum atomic E-state index is 13.7. The Bertz CT molecular complexity index is 580. The van der Waals surface area contributed by atoms with E-state index in [1.54, 1.807) is 16.8 Å². The first kappa shape index (κ1) is 12.9. The molecule has 1 heterocycles. The smallest absolute Gasteiger partial charge is 0.152 e. The van der Waals surface area contributed by atoms with Crippen LogP contribution < -0.4 is 11.1 Å². The highest BCUT2D eigenvalue weighted by molar-refractivity contribution is 9.10. The van der Waals surface area contributed by atoms with Crippen molar-refractivity contribution in [3.63, 3.8) is 0 Å². The number of nitrogens with two attached hydrogens (primary N) is 1. The molecule has 0 fully saturated rings. The van der Waals surface area contributed by atoms with Gasteiger partial charge in [-0.15, -0.1) is 0 Å². The molecule has 6 heteroatoms. The number of aryl methyl sites for hydroxylation is 2. The number of hydrogen-bond acceptors (Lipinski definition) is 3. The summed E-state index contributed by atoms with van der Waals surface area (Å²) in [4.78, 5) is 0. The fourth-order valence-electron chi connectivity index (χ4n) is 1.67. The summed E-state index contributed by atoms with van der Waals surface area (Å²) in [6, 6.07) is 4.82. The van der Waals surface area contributed by atoms with Crippen molar-refractivity contribution in [3.8, 4) is 0 Å². The summed E-state index contributed by atoms with van der Waals surface area (Å²) in [5, 5.41) is 7.26. The molecule has 0 aliphatic heterocycles. The average molecular weight is 313 g/mol. The van der Waals surface area contributed by atoms with Gasteiger partial charge < -0.3 is 11.1 Å². The highest BCUT2D eigenvalue weighted by Crippen LogP contribution is 2.28. The minimum atomic E-state index is -0.342. The number of nitrogens with one attached hydrogen (secondary N) is 1. The van der Waals surface area contributed by atoms with Crippen LogP contribution in [0.2, 0.25) is 0 Å². The third-order valence-corrected chi connectivity index (χ3v) is 3.15. The topological polar surface area (TPSA) is 55.9 Å². The lowest BCUT2D eigenvalue weighted by Crippen LogP contribution is -2.05. The molecule has 2 rings (SSSR count). The molecule has 1 aromatic carbocycles. The van der Waals surface area contributed by atoms with E-state index < -0.39 is 0 Å². The minimum absolute atomic E-state index is 0.342. The van der Waals surface area contributed by atoms with Gasteiger partial charge in [0.25, 0.3) is 0 Å². The molecule has 0 aliphatic rings. The van der Waals surface area contributed by atoms with Gasteiger partial charge in [0.15, 0.2) is 5.82 Å². The molecule has 3 N–H and O–H groups in total. The van der Waals surface area contributed by atoms with Crippen LogP contribution in [0.25, 0.3) is 0 Å². The number of rotatable bonds is 3. The Kier molecular flexibility index (Phi) is 3.56. The second kappa shape index (κ2) is 4.97. The first-order chi connectivity index (χ1) is 8.52. The molecular weight excluding hydrogens is 299 g/mol.